The molecule has 0 aliphatic heterocycles. The molecule has 4 nitrogen and oxygen atoms in total. The zero-order valence-electron chi connectivity index (χ0n) is 16.0. The van der Waals surface area contributed by atoms with Crippen LogP contribution in [0.25, 0.3) is 0 Å². The third-order valence-corrected chi connectivity index (χ3v) is 9.42. The summed E-state index contributed by atoms with van der Waals surface area (Å²) >= 11 is 0. The third-order valence-electron chi connectivity index (χ3n) is 4.18. The fraction of sp³-hybridized carbons (Fsp3) is 1.00. The molecule has 0 aliphatic rings. The first-order valence-electron chi connectivity index (χ1n) is 8.75. The molecule has 0 N–H and O–H groups in total. The van der Waals surface area contributed by atoms with Gasteiger partial charge in [0.25, 0.3) is 0 Å². The molecular weight excluding hydrogens is 384 g/mol. The summed E-state index contributed by atoms with van der Waals surface area (Å²) in [5, 5.41) is 0. The Balaban J connectivity index is -0.000000333. The Kier molecular flexibility index (Phi) is 19.1. The van der Waals surface area contributed by atoms with E-state index in [1.807, 2.05) is 27.7 Å². The number of rotatable bonds is 10. The standard InChI is InChI=1S/2C8H19O2P.Zn/c2*1-4-7-8(5-2)11(9,10)6-3;/h2*8H,4-7H2,1-3H3,(H,9,10);/q;;+2/p-2. The Morgan fingerprint density at radius 2 is 0.957 bits per heavy atom. The first kappa shape index (κ1) is 28.8. The maximum Gasteiger partial charge on any atom is 2.00 e. The van der Waals surface area contributed by atoms with Gasteiger partial charge in [0, 0.05) is 14.7 Å². The van der Waals surface area contributed by atoms with E-state index in [2.05, 4.69) is 0 Å². The van der Waals surface area contributed by atoms with Gasteiger partial charge < -0.3 is 18.9 Å². The van der Waals surface area contributed by atoms with E-state index < -0.39 is 14.7 Å². The third kappa shape index (κ3) is 12.1. The van der Waals surface area contributed by atoms with Crippen LogP contribution in [-0.2, 0) is 28.6 Å². The molecule has 0 amide bonds. The molecule has 23 heavy (non-hydrogen) atoms. The summed E-state index contributed by atoms with van der Waals surface area (Å²) in [5.74, 6) is 0. The molecule has 4 atom stereocenters. The molecule has 0 rings (SSSR count). The molecule has 7 heteroatoms. The average Bonchev–Trinajstić information content (AvgIpc) is 2.50. The molecule has 0 fully saturated rings. The summed E-state index contributed by atoms with van der Waals surface area (Å²) < 4.78 is 22.7. The summed E-state index contributed by atoms with van der Waals surface area (Å²) in [4.78, 5) is 22.7. The first-order valence-corrected chi connectivity index (χ1v) is 12.5. The van der Waals surface area contributed by atoms with Crippen molar-refractivity contribution in [3.05, 3.63) is 0 Å². The van der Waals surface area contributed by atoms with Crippen molar-refractivity contribution in [1.82, 2.24) is 0 Å². The van der Waals surface area contributed by atoms with Gasteiger partial charge in [0.05, 0.1) is 0 Å². The topological polar surface area (TPSA) is 80.3 Å². The van der Waals surface area contributed by atoms with E-state index in [1.54, 1.807) is 13.8 Å². The molecule has 0 aliphatic carbocycles. The van der Waals surface area contributed by atoms with Gasteiger partial charge in [-0.1, -0.05) is 54.4 Å². The Labute approximate surface area is 156 Å². The van der Waals surface area contributed by atoms with Crippen LogP contribution in [0.2, 0.25) is 0 Å². The van der Waals surface area contributed by atoms with Gasteiger partial charge in [-0.25, -0.2) is 0 Å². The molecule has 0 saturated carbocycles. The van der Waals surface area contributed by atoms with Crippen molar-refractivity contribution in [2.24, 2.45) is 0 Å². The largest absolute Gasteiger partial charge is 2.00 e. The first-order chi connectivity index (χ1) is 10.2. The van der Waals surface area contributed by atoms with Gasteiger partial charge in [-0.2, -0.15) is 0 Å². The zero-order valence-corrected chi connectivity index (χ0v) is 20.8. The van der Waals surface area contributed by atoms with Crippen LogP contribution in [-0.4, -0.2) is 23.6 Å². The van der Waals surface area contributed by atoms with Crippen LogP contribution in [0.1, 0.15) is 80.1 Å². The van der Waals surface area contributed by atoms with Gasteiger partial charge in [0.2, 0.25) is 0 Å². The molecule has 136 valence electrons. The van der Waals surface area contributed by atoms with E-state index in [4.69, 9.17) is 0 Å². The van der Waals surface area contributed by atoms with E-state index in [0.717, 1.165) is 38.5 Å². The molecular formula is C16H36O4P2Zn. The number of hydrogen-bond acceptors (Lipinski definition) is 4. The molecule has 4 unspecified atom stereocenters. The minimum atomic E-state index is -3.05. The SMILES string of the molecule is CCCC(CC)P(=O)([O-])CC.CCCC(CC)P(=O)([O-])CC.[Zn+2]. The van der Waals surface area contributed by atoms with E-state index in [9.17, 15) is 18.9 Å². The molecule has 0 radical (unpaired) electrons. The quantitative estimate of drug-likeness (QED) is 0.387. The molecule has 0 saturated heterocycles. The predicted octanol–water partition coefficient (Wildman–Crippen LogP) is 4.44. The summed E-state index contributed by atoms with van der Waals surface area (Å²) in [5.41, 5.74) is -0.144. The van der Waals surface area contributed by atoms with Crippen LogP contribution >= 0.6 is 14.7 Å². The second kappa shape index (κ2) is 15.3. The van der Waals surface area contributed by atoms with Crippen molar-refractivity contribution in [3.63, 3.8) is 0 Å². The monoisotopic (exact) mass is 418 g/mol. The van der Waals surface area contributed by atoms with Crippen molar-refractivity contribution >= 4 is 14.7 Å². The van der Waals surface area contributed by atoms with Crippen molar-refractivity contribution in [3.8, 4) is 0 Å². The second-order valence-electron chi connectivity index (χ2n) is 5.79. The fourth-order valence-corrected chi connectivity index (χ4v) is 5.99. The average molecular weight is 420 g/mol. The van der Waals surface area contributed by atoms with Crippen LogP contribution in [0.4, 0.5) is 0 Å². The summed E-state index contributed by atoms with van der Waals surface area (Å²) in [6, 6.07) is 0. The van der Waals surface area contributed by atoms with Gasteiger partial charge in [-0.3, -0.25) is 0 Å². The Bertz CT molecular complexity index is 330. The zero-order chi connectivity index (χ0) is 17.8. The molecule has 0 aromatic rings. The maximum atomic E-state index is 11.3. The summed E-state index contributed by atoms with van der Waals surface area (Å²) in [6.07, 6.45) is 5.73. The van der Waals surface area contributed by atoms with Crippen LogP contribution in [0.15, 0.2) is 0 Å². The minimum absolute atomic E-state index is 0. The van der Waals surface area contributed by atoms with Gasteiger partial charge in [0.1, 0.15) is 0 Å². The van der Waals surface area contributed by atoms with Crippen LogP contribution < -0.4 is 9.79 Å². The van der Waals surface area contributed by atoms with Crippen LogP contribution in [0.3, 0.4) is 0 Å². The van der Waals surface area contributed by atoms with E-state index >= 15 is 0 Å². The molecule has 0 aromatic carbocycles. The van der Waals surface area contributed by atoms with Crippen molar-refractivity contribution < 1.29 is 38.4 Å². The van der Waals surface area contributed by atoms with Gasteiger partial charge in [0.15, 0.2) is 0 Å². The fourth-order valence-electron chi connectivity index (χ4n) is 2.54. The maximum absolute atomic E-state index is 11.3. The van der Waals surface area contributed by atoms with E-state index in [1.165, 1.54) is 0 Å². The van der Waals surface area contributed by atoms with E-state index in [0.29, 0.717) is 12.3 Å². The second-order valence-corrected chi connectivity index (χ2v) is 11.4. The van der Waals surface area contributed by atoms with Crippen molar-refractivity contribution in [2.45, 2.75) is 91.4 Å². The Morgan fingerprint density at radius 3 is 1.09 bits per heavy atom. The van der Waals surface area contributed by atoms with Gasteiger partial charge in [-0.05, 0) is 49.3 Å². The van der Waals surface area contributed by atoms with Crippen molar-refractivity contribution in [2.75, 3.05) is 12.3 Å². The minimum Gasteiger partial charge on any atom is -0.799 e. The smallest absolute Gasteiger partial charge is 0.799 e. The Morgan fingerprint density at radius 1 is 0.696 bits per heavy atom. The van der Waals surface area contributed by atoms with Gasteiger partial charge in [-0.15, -0.1) is 0 Å². The normalized spacial score (nSPS) is 18.4. The molecule has 0 heterocycles. The molecule has 0 bridgehead atoms. The van der Waals surface area contributed by atoms with Crippen LogP contribution in [0, 0.1) is 0 Å². The summed E-state index contributed by atoms with van der Waals surface area (Å²) in [7, 11) is -6.10. The van der Waals surface area contributed by atoms with E-state index in [-0.39, 0.29) is 30.8 Å². The molecule has 0 aromatic heterocycles. The predicted molar refractivity (Wildman–Crippen MR) is 94.3 cm³/mol. The van der Waals surface area contributed by atoms with Crippen LogP contribution in [0.5, 0.6) is 0 Å². The van der Waals surface area contributed by atoms with Gasteiger partial charge >= 0.3 is 19.5 Å². The summed E-state index contributed by atoms with van der Waals surface area (Å²) in [6.45, 7) is 11.4. The number of hydrogen-bond donors (Lipinski definition) is 0. The van der Waals surface area contributed by atoms with Crippen molar-refractivity contribution in [1.29, 1.82) is 0 Å². The Hall–Kier alpha value is 1.00. The molecule has 0 spiro atoms.